The lowest BCUT2D eigenvalue weighted by molar-refractivity contribution is 0.0525. The monoisotopic (exact) mass is 242 g/mol. The summed E-state index contributed by atoms with van der Waals surface area (Å²) in [6, 6.07) is 7.73. The summed E-state index contributed by atoms with van der Waals surface area (Å²) in [4.78, 5) is 12.0. The van der Waals surface area contributed by atoms with Crippen molar-refractivity contribution >= 4 is 11.5 Å². The van der Waals surface area contributed by atoms with Gasteiger partial charge < -0.3 is 9.14 Å². The number of fused-ring (bicyclic) bond motifs is 1. The van der Waals surface area contributed by atoms with Crippen molar-refractivity contribution in [2.24, 2.45) is 0 Å². The number of nitrogens with zero attached hydrogens (tertiary/aromatic N) is 2. The molecule has 0 atom stereocenters. The number of nitriles is 1. The molecule has 0 aliphatic heterocycles. The number of ether oxygens (including phenoxy) is 1. The van der Waals surface area contributed by atoms with E-state index in [4.69, 9.17) is 4.74 Å². The summed E-state index contributed by atoms with van der Waals surface area (Å²) in [6.07, 6.45) is 2.47. The van der Waals surface area contributed by atoms with Crippen LogP contribution in [0, 0.1) is 11.3 Å². The van der Waals surface area contributed by atoms with Crippen molar-refractivity contribution in [3.8, 4) is 6.07 Å². The minimum Gasteiger partial charge on any atom is -0.462 e. The van der Waals surface area contributed by atoms with Crippen LogP contribution >= 0.6 is 0 Å². The molecule has 0 aliphatic rings. The zero-order valence-electron chi connectivity index (χ0n) is 10.4. The molecule has 4 nitrogen and oxygen atoms in total. The minimum atomic E-state index is -0.422. The highest BCUT2D eigenvalue weighted by atomic mass is 16.5. The van der Waals surface area contributed by atoms with Crippen LogP contribution in [0.5, 0.6) is 0 Å². The fourth-order valence-corrected chi connectivity index (χ4v) is 2.17. The van der Waals surface area contributed by atoms with Crippen LogP contribution in [-0.2, 0) is 11.2 Å². The van der Waals surface area contributed by atoms with Crippen molar-refractivity contribution in [3.05, 3.63) is 41.2 Å². The Hall–Kier alpha value is -2.28. The Balaban J connectivity index is 2.78. The van der Waals surface area contributed by atoms with Gasteiger partial charge in [0.2, 0.25) is 0 Å². The number of hydrogen-bond donors (Lipinski definition) is 0. The van der Waals surface area contributed by atoms with Crippen LogP contribution in [0.1, 0.15) is 35.5 Å². The lowest BCUT2D eigenvalue weighted by Crippen LogP contribution is -2.08. The highest BCUT2D eigenvalue weighted by Crippen LogP contribution is 2.24. The standard InChI is InChI=1S/C14H14N2O2/c1-3-10-11-7-5-6-8-16(11)12(9-15)13(10)14(17)18-4-2/h5-8H,3-4H2,1-2H3. The predicted octanol–water partition coefficient (Wildman–Crippen LogP) is 2.55. The Morgan fingerprint density at radius 1 is 1.44 bits per heavy atom. The van der Waals surface area contributed by atoms with E-state index >= 15 is 0 Å². The van der Waals surface area contributed by atoms with Crippen LogP contribution < -0.4 is 0 Å². The van der Waals surface area contributed by atoms with Gasteiger partial charge in [0.15, 0.2) is 0 Å². The summed E-state index contributed by atoms with van der Waals surface area (Å²) in [5.41, 5.74) is 2.50. The van der Waals surface area contributed by atoms with Gasteiger partial charge in [0, 0.05) is 6.20 Å². The van der Waals surface area contributed by atoms with E-state index in [-0.39, 0.29) is 0 Å². The first-order valence-electron chi connectivity index (χ1n) is 5.93. The van der Waals surface area contributed by atoms with E-state index in [0.29, 0.717) is 24.3 Å². The topological polar surface area (TPSA) is 54.5 Å². The molecule has 0 N–H and O–H groups in total. The number of aryl methyl sites for hydroxylation is 1. The van der Waals surface area contributed by atoms with Gasteiger partial charge in [-0.3, -0.25) is 0 Å². The average molecular weight is 242 g/mol. The van der Waals surface area contributed by atoms with E-state index in [0.717, 1.165) is 11.1 Å². The number of hydrogen-bond acceptors (Lipinski definition) is 3. The molecule has 0 spiro atoms. The van der Waals surface area contributed by atoms with Gasteiger partial charge in [-0.2, -0.15) is 5.26 Å². The summed E-state index contributed by atoms with van der Waals surface area (Å²) in [5, 5.41) is 9.26. The van der Waals surface area contributed by atoms with E-state index < -0.39 is 5.97 Å². The molecule has 0 saturated carbocycles. The lowest BCUT2D eigenvalue weighted by atomic mass is 10.1. The molecule has 0 radical (unpaired) electrons. The molecular formula is C14H14N2O2. The first-order valence-corrected chi connectivity index (χ1v) is 5.93. The number of pyridine rings is 1. The molecule has 2 heterocycles. The zero-order chi connectivity index (χ0) is 13.1. The predicted molar refractivity (Wildman–Crippen MR) is 67.4 cm³/mol. The van der Waals surface area contributed by atoms with Gasteiger partial charge in [0.05, 0.1) is 17.7 Å². The van der Waals surface area contributed by atoms with Crippen molar-refractivity contribution in [1.29, 1.82) is 5.26 Å². The summed E-state index contributed by atoms with van der Waals surface area (Å²) in [6.45, 7) is 4.02. The number of aromatic nitrogens is 1. The molecular weight excluding hydrogens is 228 g/mol. The number of esters is 1. The molecule has 0 fully saturated rings. The average Bonchev–Trinajstić information content (AvgIpc) is 2.72. The molecule has 0 bridgehead atoms. The molecule has 92 valence electrons. The smallest absolute Gasteiger partial charge is 0.341 e. The Morgan fingerprint density at radius 3 is 2.83 bits per heavy atom. The Labute approximate surface area is 105 Å². The summed E-state index contributed by atoms with van der Waals surface area (Å²) >= 11 is 0. The number of carbonyl (C=O) groups excluding carboxylic acids is 1. The normalized spacial score (nSPS) is 10.3. The van der Waals surface area contributed by atoms with E-state index in [1.165, 1.54) is 0 Å². The van der Waals surface area contributed by atoms with Gasteiger partial charge >= 0.3 is 5.97 Å². The molecule has 0 aromatic carbocycles. The summed E-state index contributed by atoms with van der Waals surface area (Å²) in [7, 11) is 0. The second-order valence-electron chi connectivity index (χ2n) is 3.84. The summed E-state index contributed by atoms with van der Waals surface area (Å²) in [5.74, 6) is -0.422. The maximum absolute atomic E-state index is 12.0. The number of rotatable bonds is 3. The van der Waals surface area contributed by atoms with Crippen LogP contribution in [0.25, 0.3) is 5.52 Å². The van der Waals surface area contributed by atoms with Crippen molar-refractivity contribution in [3.63, 3.8) is 0 Å². The molecule has 0 unspecified atom stereocenters. The Kier molecular flexibility index (Phi) is 3.33. The van der Waals surface area contributed by atoms with Crippen LogP contribution in [0.4, 0.5) is 0 Å². The maximum Gasteiger partial charge on any atom is 0.341 e. The lowest BCUT2D eigenvalue weighted by Gasteiger charge is -2.02. The molecule has 2 aromatic heterocycles. The quantitative estimate of drug-likeness (QED) is 0.777. The third-order valence-corrected chi connectivity index (χ3v) is 2.89. The highest BCUT2D eigenvalue weighted by Gasteiger charge is 2.23. The van der Waals surface area contributed by atoms with E-state index in [1.54, 1.807) is 17.5 Å². The van der Waals surface area contributed by atoms with Crippen LogP contribution in [-0.4, -0.2) is 17.0 Å². The van der Waals surface area contributed by atoms with Crippen molar-refractivity contribution in [2.45, 2.75) is 20.3 Å². The van der Waals surface area contributed by atoms with E-state index in [2.05, 4.69) is 6.07 Å². The third kappa shape index (κ3) is 1.74. The van der Waals surface area contributed by atoms with Gasteiger partial charge in [-0.1, -0.05) is 13.0 Å². The molecule has 0 aliphatic carbocycles. The second-order valence-corrected chi connectivity index (χ2v) is 3.84. The zero-order valence-corrected chi connectivity index (χ0v) is 10.4. The van der Waals surface area contributed by atoms with Gasteiger partial charge in [-0.25, -0.2) is 4.79 Å². The second kappa shape index (κ2) is 4.92. The van der Waals surface area contributed by atoms with Crippen molar-refractivity contribution < 1.29 is 9.53 Å². The molecule has 4 heteroatoms. The van der Waals surface area contributed by atoms with Crippen LogP contribution in [0.15, 0.2) is 24.4 Å². The molecule has 0 amide bonds. The summed E-state index contributed by atoms with van der Waals surface area (Å²) < 4.78 is 6.78. The van der Waals surface area contributed by atoms with E-state index in [1.807, 2.05) is 25.1 Å². The van der Waals surface area contributed by atoms with Crippen LogP contribution in [0.2, 0.25) is 0 Å². The molecule has 0 saturated heterocycles. The van der Waals surface area contributed by atoms with Crippen molar-refractivity contribution in [1.82, 2.24) is 4.40 Å². The molecule has 2 aromatic rings. The molecule has 2 rings (SSSR count). The van der Waals surface area contributed by atoms with Gasteiger partial charge in [0.1, 0.15) is 11.8 Å². The number of carbonyl (C=O) groups is 1. The van der Waals surface area contributed by atoms with Gasteiger partial charge in [0.25, 0.3) is 0 Å². The first kappa shape index (κ1) is 12.2. The molecule has 18 heavy (non-hydrogen) atoms. The Morgan fingerprint density at radius 2 is 2.22 bits per heavy atom. The fourth-order valence-electron chi connectivity index (χ4n) is 2.17. The van der Waals surface area contributed by atoms with E-state index in [9.17, 15) is 10.1 Å². The largest absolute Gasteiger partial charge is 0.462 e. The third-order valence-electron chi connectivity index (χ3n) is 2.89. The maximum atomic E-state index is 12.0. The van der Waals surface area contributed by atoms with Gasteiger partial charge in [-0.05, 0) is 31.0 Å². The Bertz CT molecular complexity index is 635. The first-order chi connectivity index (χ1) is 8.74. The highest BCUT2D eigenvalue weighted by molar-refractivity contribution is 5.96. The minimum absolute atomic E-state index is 0.305. The SMILES string of the molecule is CCOC(=O)c1c(CC)c2ccccn2c1C#N. The van der Waals surface area contributed by atoms with Crippen molar-refractivity contribution in [2.75, 3.05) is 6.61 Å². The fraction of sp³-hybridized carbons (Fsp3) is 0.286. The van der Waals surface area contributed by atoms with Crippen LogP contribution in [0.3, 0.4) is 0 Å². The van der Waals surface area contributed by atoms with Gasteiger partial charge in [-0.15, -0.1) is 0 Å².